The van der Waals surface area contributed by atoms with E-state index in [2.05, 4.69) is 26.6 Å². The van der Waals surface area contributed by atoms with Crippen LogP contribution in [0.4, 0.5) is 0 Å². The van der Waals surface area contributed by atoms with E-state index < -0.39 is 0 Å². The molecule has 1 aromatic heterocycles. The number of benzene rings is 1. The first-order valence-electron chi connectivity index (χ1n) is 4.05. The summed E-state index contributed by atoms with van der Waals surface area (Å²) in [4.78, 5) is 0. The fourth-order valence-corrected chi connectivity index (χ4v) is 1.74. The molecule has 2 aromatic rings. The normalized spacial score (nSPS) is 9.57. The summed E-state index contributed by atoms with van der Waals surface area (Å²) < 4.78 is 5.19. The van der Waals surface area contributed by atoms with Crippen LogP contribution in [0.5, 0.6) is 0 Å². The standard InChI is InChI=1S/C10H10BrN2.HI/c1-12-6-7-13(8-12)10-5-3-2-4-9(10)11;/h2-8H,1H3;1H/q+1;/p-1. The van der Waals surface area contributed by atoms with Gasteiger partial charge < -0.3 is 24.0 Å². The summed E-state index contributed by atoms with van der Waals surface area (Å²) in [6.07, 6.45) is 6.07. The Hall–Kier alpha value is -0.360. The number of rotatable bonds is 1. The Kier molecular flexibility index (Phi) is 4.12. The van der Waals surface area contributed by atoms with Crippen LogP contribution in [0.25, 0.3) is 5.69 Å². The number of aryl methyl sites for hydroxylation is 1. The zero-order chi connectivity index (χ0) is 9.26. The lowest BCUT2D eigenvalue weighted by Gasteiger charge is -1.97. The average molecular weight is 365 g/mol. The second-order valence-electron chi connectivity index (χ2n) is 2.94. The Bertz CT molecular complexity index is 426. The number of nitrogens with zero attached hydrogens (tertiary/aromatic N) is 2. The van der Waals surface area contributed by atoms with E-state index in [0.29, 0.717) is 0 Å². The average Bonchev–Trinajstić information content (AvgIpc) is 2.53. The highest BCUT2D eigenvalue weighted by atomic mass is 127. The van der Waals surface area contributed by atoms with Gasteiger partial charge in [-0.2, -0.15) is 0 Å². The molecule has 0 radical (unpaired) electrons. The van der Waals surface area contributed by atoms with Crippen LogP contribution in [0.3, 0.4) is 0 Å². The van der Waals surface area contributed by atoms with E-state index in [1.807, 2.05) is 48.5 Å². The number of para-hydroxylation sites is 1. The van der Waals surface area contributed by atoms with Crippen LogP contribution in [-0.4, -0.2) is 4.57 Å². The minimum Gasteiger partial charge on any atom is -1.00 e. The quantitative estimate of drug-likeness (QED) is 0.456. The summed E-state index contributed by atoms with van der Waals surface area (Å²) in [5.41, 5.74) is 1.16. The van der Waals surface area contributed by atoms with Crippen molar-refractivity contribution in [3.8, 4) is 5.69 Å². The molecule has 1 heterocycles. The zero-order valence-corrected chi connectivity index (χ0v) is 11.4. The van der Waals surface area contributed by atoms with Crippen LogP contribution in [0.1, 0.15) is 0 Å². The van der Waals surface area contributed by atoms with Gasteiger partial charge in [-0.05, 0) is 28.1 Å². The van der Waals surface area contributed by atoms with Crippen LogP contribution < -0.4 is 28.5 Å². The minimum atomic E-state index is 0. The fourth-order valence-electron chi connectivity index (χ4n) is 1.25. The Balaban J connectivity index is 0.000000980. The maximum absolute atomic E-state index is 3.51. The molecule has 0 aliphatic heterocycles. The number of hydrogen-bond acceptors (Lipinski definition) is 0. The number of imidazole rings is 1. The van der Waals surface area contributed by atoms with Crippen molar-refractivity contribution in [2.45, 2.75) is 0 Å². The van der Waals surface area contributed by atoms with Crippen molar-refractivity contribution < 1.29 is 28.5 Å². The molecule has 0 bridgehead atoms. The molecule has 0 fully saturated rings. The second-order valence-corrected chi connectivity index (χ2v) is 3.79. The molecule has 2 rings (SSSR count). The van der Waals surface area contributed by atoms with Crippen LogP contribution >= 0.6 is 15.9 Å². The summed E-state index contributed by atoms with van der Waals surface area (Å²) in [6.45, 7) is 0. The molecular weight excluding hydrogens is 355 g/mol. The molecule has 0 aliphatic carbocycles. The molecule has 0 spiro atoms. The molecule has 0 N–H and O–H groups in total. The Morgan fingerprint density at radius 2 is 2.00 bits per heavy atom. The highest BCUT2D eigenvalue weighted by Gasteiger charge is 2.06. The van der Waals surface area contributed by atoms with E-state index in [0.717, 1.165) is 10.2 Å². The van der Waals surface area contributed by atoms with Gasteiger partial charge in [0.05, 0.1) is 11.5 Å². The van der Waals surface area contributed by atoms with Gasteiger partial charge in [-0.1, -0.05) is 12.1 Å². The number of halogens is 2. The largest absolute Gasteiger partial charge is 1.00 e. The van der Waals surface area contributed by atoms with Gasteiger partial charge in [-0.15, -0.1) is 0 Å². The first kappa shape index (κ1) is 11.7. The van der Waals surface area contributed by atoms with Gasteiger partial charge >= 0.3 is 0 Å². The third kappa shape index (κ3) is 2.36. The van der Waals surface area contributed by atoms with Crippen LogP contribution in [0, 0.1) is 0 Å². The lowest BCUT2D eigenvalue weighted by molar-refractivity contribution is -0.670. The highest BCUT2D eigenvalue weighted by molar-refractivity contribution is 9.10. The van der Waals surface area contributed by atoms with Crippen molar-refractivity contribution in [2.24, 2.45) is 7.05 Å². The van der Waals surface area contributed by atoms with Gasteiger partial charge in [0.25, 0.3) is 0 Å². The molecule has 0 aliphatic rings. The van der Waals surface area contributed by atoms with Crippen molar-refractivity contribution in [3.63, 3.8) is 0 Å². The molecule has 1 aromatic carbocycles. The molecule has 0 saturated heterocycles. The van der Waals surface area contributed by atoms with Crippen molar-refractivity contribution >= 4 is 15.9 Å². The summed E-state index contributed by atoms with van der Waals surface area (Å²) in [5.74, 6) is 0. The lowest BCUT2D eigenvalue weighted by atomic mass is 10.3. The van der Waals surface area contributed by atoms with Crippen LogP contribution in [0.15, 0.2) is 47.5 Å². The van der Waals surface area contributed by atoms with Gasteiger partial charge in [-0.3, -0.25) is 0 Å². The van der Waals surface area contributed by atoms with E-state index >= 15 is 0 Å². The highest BCUT2D eigenvalue weighted by Crippen LogP contribution is 2.19. The zero-order valence-electron chi connectivity index (χ0n) is 7.69. The molecule has 14 heavy (non-hydrogen) atoms. The Morgan fingerprint density at radius 3 is 2.57 bits per heavy atom. The maximum Gasteiger partial charge on any atom is 0.248 e. The minimum absolute atomic E-state index is 0. The summed E-state index contributed by atoms with van der Waals surface area (Å²) in [5, 5.41) is 0. The van der Waals surface area contributed by atoms with E-state index in [1.54, 1.807) is 0 Å². The van der Waals surface area contributed by atoms with Crippen molar-refractivity contribution in [2.75, 3.05) is 0 Å². The molecule has 2 nitrogen and oxygen atoms in total. The molecule has 0 unspecified atom stereocenters. The van der Waals surface area contributed by atoms with Gasteiger partial charge in [-0.25, -0.2) is 9.13 Å². The first-order chi connectivity index (χ1) is 6.27. The third-order valence-corrected chi connectivity index (χ3v) is 2.57. The van der Waals surface area contributed by atoms with E-state index in [-0.39, 0.29) is 24.0 Å². The molecule has 0 amide bonds. The van der Waals surface area contributed by atoms with E-state index in [9.17, 15) is 0 Å². The topological polar surface area (TPSA) is 8.81 Å². The van der Waals surface area contributed by atoms with Gasteiger partial charge in [0.2, 0.25) is 6.33 Å². The smallest absolute Gasteiger partial charge is 0.248 e. The monoisotopic (exact) mass is 364 g/mol. The Labute approximate surface area is 109 Å². The van der Waals surface area contributed by atoms with E-state index in [4.69, 9.17) is 0 Å². The SMILES string of the molecule is C[n+]1ccn(-c2ccccc2Br)c1.[I-]. The molecule has 0 saturated carbocycles. The van der Waals surface area contributed by atoms with Gasteiger partial charge in [0, 0.05) is 0 Å². The van der Waals surface area contributed by atoms with E-state index in [1.165, 1.54) is 0 Å². The summed E-state index contributed by atoms with van der Waals surface area (Å²) >= 11 is 3.51. The maximum atomic E-state index is 3.51. The Morgan fingerprint density at radius 1 is 1.29 bits per heavy atom. The van der Waals surface area contributed by atoms with Crippen LogP contribution in [-0.2, 0) is 7.05 Å². The lowest BCUT2D eigenvalue weighted by Crippen LogP contribution is -3.00. The predicted octanol–water partition coefficient (Wildman–Crippen LogP) is -0.932. The number of aromatic nitrogens is 2. The van der Waals surface area contributed by atoms with Crippen molar-refractivity contribution in [1.29, 1.82) is 0 Å². The fraction of sp³-hybridized carbons (Fsp3) is 0.100. The molecule has 0 atom stereocenters. The first-order valence-corrected chi connectivity index (χ1v) is 4.85. The molecule has 4 heteroatoms. The summed E-state index contributed by atoms with van der Waals surface area (Å²) in [7, 11) is 2.01. The third-order valence-electron chi connectivity index (χ3n) is 1.90. The van der Waals surface area contributed by atoms with Crippen molar-refractivity contribution in [3.05, 3.63) is 47.5 Å². The van der Waals surface area contributed by atoms with Gasteiger partial charge in [0.15, 0.2) is 0 Å². The molecular formula is C10H10BrIN2. The number of hydrogen-bond donors (Lipinski definition) is 0. The van der Waals surface area contributed by atoms with Crippen molar-refractivity contribution in [1.82, 2.24) is 4.57 Å². The molecule has 74 valence electrons. The summed E-state index contributed by atoms with van der Waals surface area (Å²) in [6, 6.07) is 8.15. The van der Waals surface area contributed by atoms with Gasteiger partial charge in [0.1, 0.15) is 18.1 Å². The predicted molar refractivity (Wildman–Crippen MR) is 54.6 cm³/mol. The van der Waals surface area contributed by atoms with Crippen LogP contribution in [0.2, 0.25) is 0 Å². The second kappa shape index (κ2) is 4.93.